The van der Waals surface area contributed by atoms with Crippen LogP contribution in [0.25, 0.3) is 0 Å². The summed E-state index contributed by atoms with van der Waals surface area (Å²) in [5, 5.41) is 3.62. The van der Waals surface area contributed by atoms with E-state index >= 15 is 0 Å². The van der Waals surface area contributed by atoms with Crippen molar-refractivity contribution in [1.29, 1.82) is 0 Å². The van der Waals surface area contributed by atoms with Gasteiger partial charge in [0, 0.05) is 11.6 Å². The largest absolute Gasteiger partial charge is 0.315 e. The van der Waals surface area contributed by atoms with Gasteiger partial charge in [0.2, 0.25) is 0 Å². The van der Waals surface area contributed by atoms with Crippen LogP contribution in [0.3, 0.4) is 0 Å². The molecule has 2 rings (SSSR count). The van der Waals surface area contributed by atoms with Crippen LogP contribution in [0.2, 0.25) is 0 Å². The molecule has 2 fully saturated rings. The van der Waals surface area contributed by atoms with Crippen molar-refractivity contribution in [2.75, 3.05) is 20.1 Å². The zero-order valence-electron chi connectivity index (χ0n) is 12.7. The summed E-state index contributed by atoms with van der Waals surface area (Å²) >= 11 is 0. The minimum Gasteiger partial charge on any atom is -0.315 e. The van der Waals surface area contributed by atoms with E-state index in [2.05, 4.69) is 31.1 Å². The minimum absolute atomic E-state index is 0.317. The number of hydrogen-bond acceptors (Lipinski definition) is 2. The molecule has 2 heteroatoms. The van der Waals surface area contributed by atoms with E-state index < -0.39 is 0 Å². The Morgan fingerprint density at radius 1 is 1.06 bits per heavy atom. The van der Waals surface area contributed by atoms with E-state index in [1.807, 2.05) is 0 Å². The van der Waals surface area contributed by atoms with Gasteiger partial charge in [-0.25, -0.2) is 0 Å². The molecule has 1 atom stereocenters. The van der Waals surface area contributed by atoms with E-state index in [1.165, 1.54) is 64.5 Å². The first kappa shape index (κ1) is 14.3. The smallest absolute Gasteiger partial charge is 0.0306 e. The van der Waals surface area contributed by atoms with Gasteiger partial charge < -0.3 is 5.32 Å². The maximum Gasteiger partial charge on any atom is 0.0306 e. The summed E-state index contributed by atoms with van der Waals surface area (Å²) < 4.78 is 0. The SMILES string of the molecule is CNC(CC1CCCC1)C(C)(C)N1CCCCC1. The van der Waals surface area contributed by atoms with Crippen molar-refractivity contribution in [3.63, 3.8) is 0 Å². The lowest BCUT2D eigenvalue weighted by Crippen LogP contribution is -2.58. The molecule has 1 aliphatic carbocycles. The van der Waals surface area contributed by atoms with E-state index in [1.54, 1.807) is 0 Å². The molecule has 0 spiro atoms. The maximum atomic E-state index is 3.62. The third-order valence-electron chi connectivity index (χ3n) is 5.42. The van der Waals surface area contributed by atoms with Gasteiger partial charge in [-0.05, 0) is 59.2 Å². The molecular formula is C16H32N2. The molecule has 0 amide bonds. The van der Waals surface area contributed by atoms with Gasteiger partial charge in [-0.3, -0.25) is 4.90 Å². The van der Waals surface area contributed by atoms with Gasteiger partial charge in [-0.2, -0.15) is 0 Å². The first-order valence-electron chi connectivity index (χ1n) is 8.07. The number of likely N-dealkylation sites (tertiary alicyclic amines) is 1. The first-order valence-corrected chi connectivity index (χ1v) is 8.07. The van der Waals surface area contributed by atoms with E-state index in [0.29, 0.717) is 11.6 Å². The summed E-state index contributed by atoms with van der Waals surface area (Å²) in [4.78, 5) is 2.73. The van der Waals surface area contributed by atoms with Crippen LogP contribution in [0.15, 0.2) is 0 Å². The van der Waals surface area contributed by atoms with Crippen molar-refractivity contribution >= 4 is 0 Å². The van der Waals surface area contributed by atoms with Crippen LogP contribution in [-0.2, 0) is 0 Å². The molecule has 106 valence electrons. The lowest BCUT2D eigenvalue weighted by atomic mass is 9.84. The number of piperidine rings is 1. The Kier molecular flexibility index (Phi) is 5.08. The average Bonchev–Trinajstić information content (AvgIpc) is 2.89. The normalized spacial score (nSPS) is 25.5. The summed E-state index contributed by atoms with van der Waals surface area (Å²) in [5.74, 6) is 0.978. The highest BCUT2D eigenvalue weighted by atomic mass is 15.2. The molecule has 0 aromatic heterocycles. The molecule has 0 aromatic rings. The zero-order valence-corrected chi connectivity index (χ0v) is 12.7. The Morgan fingerprint density at radius 3 is 2.22 bits per heavy atom. The summed E-state index contributed by atoms with van der Waals surface area (Å²) in [7, 11) is 2.16. The van der Waals surface area contributed by atoms with Gasteiger partial charge in [0.05, 0.1) is 0 Å². The van der Waals surface area contributed by atoms with Gasteiger partial charge in [-0.1, -0.05) is 32.1 Å². The van der Waals surface area contributed by atoms with Crippen LogP contribution >= 0.6 is 0 Å². The van der Waals surface area contributed by atoms with Gasteiger partial charge in [0.15, 0.2) is 0 Å². The Morgan fingerprint density at radius 2 is 1.67 bits per heavy atom. The van der Waals surface area contributed by atoms with Crippen molar-refractivity contribution in [2.45, 2.75) is 76.8 Å². The fraction of sp³-hybridized carbons (Fsp3) is 1.00. The molecule has 0 bridgehead atoms. The quantitative estimate of drug-likeness (QED) is 0.806. The molecule has 18 heavy (non-hydrogen) atoms. The number of rotatable bonds is 5. The summed E-state index contributed by atoms with van der Waals surface area (Å²) in [5.41, 5.74) is 0.317. The molecule has 2 aliphatic rings. The number of likely N-dealkylation sites (N-methyl/N-ethyl adjacent to an activating group) is 1. The Bertz CT molecular complexity index is 237. The fourth-order valence-corrected chi connectivity index (χ4v) is 4.03. The molecule has 1 aliphatic heterocycles. The van der Waals surface area contributed by atoms with Gasteiger partial charge in [0.1, 0.15) is 0 Å². The molecule has 2 nitrogen and oxygen atoms in total. The van der Waals surface area contributed by atoms with Crippen molar-refractivity contribution < 1.29 is 0 Å². The van der Waals surface area contributed by atoms with Crippen LogP contribution in [-0.4, -0.2) is 36.6 Å². The van der Waals surface area contributed by atoms with Crippen LogP contribution in [0.1, 0.15) is 65.2 Å². The highest BCUT2D eigenvalue weighted by Gasteiger charge is 2.36. The Hall–Kier alpha value is -0.0800. The molecule has 1 N–H and O–H groups in total. The highest BCUT2D eigenvalue weighted by Crippen LogP contribution is 2.33. The van der Waals surface area contributed by atoms with E-state index in [4.69, 9.17) is 0 Å². The van der Waals surface area contributed by atoms with Crippen molar-refractivity contribution in [1.82, 2.24) is 10.2 Å². The second-order valence-corrected chi connectivity index (χ2v) is 6.93. The van der Waals surface area contributed by atoms with Crippen LogP contribution in [0, 0.1) is 5.92 Å². The van der Waals surface area contributed by atoms with Crippen LogP contribution in [0.5, 0.6) is 0 Å². The molecule has 0 aromatic carbocycles. The first-order chi connectivity index (χ1) is 8.64. The van der Waals surface area contributed by atoms with Crippen LogP contribution < -0.4 is 5.32 Å². The molecule has 1 saturated heterocycles. The third-order valence-corrected chi connectivity index (χ3v) is 5.42. The summed E-state index contributed by atoms with van der Waals surface area (Å²) in [6, 6.07) is 0.652. The number of nitrogens with zero attached hydrogens (tertiary/aromatic N) is 1. The fourth-order valence-electron chi connectivity index (χ4n) is 4.03. The van der Waals surface area contributed by atoms with Gasteiger partial charge >= 0.3 is 0 Å². The van der Waals surface area contributed by atoms with Crippen molar-refractivity contribution in [3.8, 4) is 0 Å². The summed E-state index contributed by atoms with van der Waals surface area (Å²) in [6.45, 7) is 7.51. The predicted octanol–water partition coefficient (Wildman–Crippen LogP) is 3.42. The van der Waals surface area contributed by atoms with Gasteiger partial charge in [-0.15, -0.1) is 0 Å². The predicted molar refractivity (Wildman–Crippen MR) is 78.9 cm³/mol. The standard InChI is InChI=1S/C16H32N2/c1-16(2,18-11-7-4-8-12-18)15(17-3)13-14-9-5-6-10-14/h14-15,17H,4-13H2,1-3H3. The lowest BCUT2D eigenvalue weighted by Gasteiger charge is -2.46. The monoisotopic (exact) mass is 252 g/mol. The molecule has 1 heterocycles. The Labute approximate surface area is 114 Å². The molecule has 1 saturated carbocycles. The number of nitrogens with one attached hydrogen (secondary N) is 1. The molecule has 0 radical (unpaired) electrons. The molecule has 1 unspecified atom stereocenters. The van der Waals surface area contributed by atoms with E-state index in [0.717, 1.165) is 5.92 Å². The maximum absolute atomic E-state index is 3.62. The van der Waals surface area contributed by atoms with Crippen molar-refractivity contribution in [2.24, 2.45) is 5.92 Å². The summed E-state index contributed by atoms with van der Waals surface area (Å²) in [6.07, 6.45) is 11.4. The van der Waals surface area contributed by atoms with E-state index in [9.17, 15) is 0 Å². The lowest BCUT2D eigenvalue weighted by molar-refractivity contribution is 0.0553. The van der Waals surface area contributed by atoms with Crippen molar-refractivity contribution in [3.05, 3.63) is 0 Å². The topological polar surface area (TPSA) is 15.3 Å². The Balaban J connectivity index is 1.94. The average molecular weight is 252 g/mol. The zero-order chi connectivity index (χ0) is 13.0. The third kappa shape index (κ3) is 3.27. The molecular weight excluding hydrogens is 220 g/mol. The second-order valence-electron chi connectivity index (χ2n) is 6.93. The number of hydrogen-bond donors (Lipinski definition) is 1. The van der Waals surface area contributed by atoms with E-state index in [-0.39, 0.29) is 0 Å². The second kappa shape index (κ2) is 6.38. The minimum atomic E-state index is 0.317. The van der Waals surface area contributed by atoms with Crippen LogP contribution in [0.4, 0.5) is 0 Å². The highest BCUT2D eigenvalue weighted by molar-refractivity contribution is 4.95. The van der Waals surface area contributed by atoms with Gasteiger partial charge in [0.25, 0.3) is 0 Å².